The highest BCUT2D eigenvalue weighted by Crippen LogP contribution is 2.43. The summed E-state index contributed by atoms with van der Waals surface area (Å²) < 4.78 is 13.2. The van der Waals surface area contributed by atoms with Gasteiger partial charge >= 0.3 is 0 Å². The van der Waals surface area contributed by atoms with Crippen molar-refractivity contribution >= 4 is 28.9 Å². The van der Waals surface area contributed by atoms with E-state index in [0.29, 0.717) is 22.1 Å². The van der Waals surface area contributed by atoms with Crippen molar-refractivity contribution in [1.29, 1.82) is 5.26 Å². The van der Waals surface area contributed by atoms with Gasteiger partial charge < -0.3 is 0 Å². The zero-order valence-electron chi connectivity index (χ0n) is 18.4. The molecule has 0 spiro atoms. The number of hydrogen-bond donors (Lipinski definition) is 0. The maximum Gasteiger partial charge on any atom is 0.173 e. The summed E-state index contributed by atoms with van der Waals surface area (Å²) in [4.78, 5) is 18.7. The van der Waals surface area contributed by atoms with Crippen LogP contribution in [-0.4, -0.2) is 16.5 Å². The summed E-state index contributed by atoms with van der Waals surface area (Å²) >= 11 is 2.92. The number of benzene rings is 1. The fourth-order valence-corrected chi connectivity index (χ4v) is 5.94. The molecule has 1 aliphatic rings. The molecule has 6 heteroatoms. The van der Waals surface area contributed by atoms with Gasteiger partial charge in [-0.25, -0.2) is 9.37 Å². The molecule has 0 saturated carbocycles. The van der Waals surface area contributed by atoms with Crippen LogP contribution in [0.5, 0.6) is 0 Å². The summed E-state index contributed by atoms with van der Waals surface area (Å²) in [7, 11) is 0. The predicted molar refractivity (Wildman–Crippen MR) is 129 cm³/mol. The van der Waals surface area contributed by atoms with E-state index in [1.54, 1.807) is 11.3 Å². The van der Waals surface area contributed by atoms with Crippen molar-refractivity contribution in [1.82, 2.24) is 4.98 Å². The summed E-state index contributed by atoms with van der Waals surface area (Å²) in [6.07, 6.45) is 2.87. The van der Waals surface area contributed by atoms with Crippen LogP contribution in [0.3, 0.4) is 0 Å². The molecule has 0 amide bonds. The lowest BCUT2D eigenvalue weighted by Crippen LogP contribution is -2.28. The van der Waals surface area contributed by atoms with E-state index in [1.165, 1.54) is 41.6 Å². The molecule has 2 aromatic heterocycles. The third kappa shape index (κ3) is 4.65. The maximum atomic E-state index is 13.2. The number of fused-ring (bicyclic) bond motifs is 1. The van der Waals surface area contributed by atoms with Crippen molar-refractivity contribution in [2.45, 2.75) is 45.1 Å². The van der Waals surface area contributed by atoms with Gasteiger partial charge in [0.1, 0.15) is 16.9 Å². The normalized spacial score (nSPS) is 15.8. The van der Waals surface area contributed by atoms with E-state index < -0.39 is 0 Å². The summed E-state index contributed by atoms with van der Waals surface area (Å²) in [5.74, 6) is 0.193. The molecule has 0 fully saturated rings. The number of nitriles is 1. The van der Waals surface area contributed by atoms with Gasteiger partial charge in [-0.15, -0.1) is 11.3 Å². The summed E-state index contributed by atoms with van der Waals surface area (Å²) in [6, 6.07) is 12.0. The van der Waals surface area contributed by atoms with E-state index in [4.69, 9.17) is 4.98 Å². The highest BCUT2D eigenvalue weighted by molar-refractivity contribution is 8.00. The van der Waals surface area contributed by atoms with Crippen molar-refractivity contribution in [2.75, 3.05) is 5.75 Å². The number of halogens is 1. The number of aromatic nitrogens is 1. The first-order chi connectivity index (χ1) is 15.3. The first-order valence-electron chi connectivity index (χ1n) is 10.7. The topological polar surface area (TPSA) is 53.8 Å². The standard InChI is InChI=1S/C26H25FN2OS2/c1-26(2,3)17-8-11-19-21(13-17)29-25(20(14-28)24(19)23-5-4-12-31-23)32-15-22(30)16-6-9-18(27)10-7-16/h4-7,9-10,12,17H,8,11,13,15H2,1-3H3. The van der Waals surface area contributed by atoms with Crippen molar-refractivity contribution in [2.24, 2.45) is 11.3 Å². The lowest BCUT2D eigenvalue weighted by Gasteiger charge is -2.35. The van der Waals surface area contributed by atoms with Crippen molar-refractivity contribution in [3.05, 3.63) is 70.0 Å². The lowest BCUT2D eigenvalue weighted by molar-refractivity contribution is 0.102. The van der Waals surface area contributed by atoms with Gasteiger partial charge in [0.2, 0.25) is 0 Å². The molecule has 1 aromatic carbocycles. The highest BCUT2D eigenvalue weighted by Gasteiger charge is 2.32. The Kier molecular flexibility index (Phi) is 6.50. The molecule has 0 saturated heterocycles. The fraction of sp³-hybridized carbons (Fsp3) is 0.346. The van der Waals surface area contributed by atoms with Crippen LogP contribution in [0.15, 0.2) is 46.8 Å². The first-order valence-corrected chi connectivity index (χ1v) is 12.6. The number of rotatable bonds is 5. The van der Waals surface area contributed by atoms with Gasteiger partial charge in [-0.2, -0.15) is 5.26 Å². The lowest BCUT2D eigenvalue weighted by atomic mass is 9.71. The van der Waals surface area contributed by atoms with Crippen molar-refractivity contribution in [3.8, 4) is 16.5 Å². The number of carbonyl (C=O) groups excluding carboxylic acids is 1. The summed E-state index contributed by atoms with van der Waals surface area (Å²) in [5.41, 5.74) is 4.41. The molecular weight excluding hydrogens is 439 g/mol. The van der Waals surface area contributed by atoms with Crippen LogP contribution in [0.25, 0.3) is 10.4 Å². The number of ketones is 1. The average Bonchev–Trinajstić information content (AvgIpc) is 3.30. The molecule has 3 nitrogen and oxygen atoms in total. The van der Waals surface area contributed by atoms with Crippen LogP contribution in [0.4, 0.5) is 4.39 Å². The van der Waals surface area contributed by atoms with E-state index in [2.05, 4.69) is 32.9 Å². The van der Waals surface area contributed by atoms with E-state index in [1.807, 2.05) is 11.4 Å². The zero-order chi connectivity index (χ0) is 22.9. The Morgan fingerprint density at radius 2 is 2.03 bits per heavy atom. The molecule has 0 radical (unpaired) electrons. The monoisotopic (exact) mass is 464 g/mol. The van der Waals surface area contributed by atoms with Crippen molar-refractivity contribution in [3.63, 3.8) is 0 Å². The van der Waals surface area contributed by atoms with Crippen LogP contribution in [0.1, 0.15) is 54.4 Å². The Morgan fingerprint density at radius 1 is 1.28 bits per heavy atom. The van der Waals surface area contributed by atoms with Gasteiger partial charge in [0.25, 0.3) is 0 Å². The average molecular weight is 465 g/mol. The van der Waals surface area contributed by atoms with E-state index in [9.17, 15) is 14.4 Å². The van der Waals surface area contributed by atoms with Crippen LogP contribution >= 0.6 is 23.1 Å². The summed E-state index contributed by atoms with van der Waals surface area (Å²) in [6.45, 7) is 6.80. The number of Topliss-reactive ketones (excluding diaryl/α,β-unsaturated/α-hetero) is 1. The molecule has 1 atom stereocenters. The number of nitrogens with zero attached hydrogens (tertiary/aromatic N) is 2. The SMILES string of the molecule is CC(C)(C)C1CCc2c(nc(SCC(=O)c3ccc(F)cc3)c(C#N)c2-c2cccs2)C1. The Hall–Kier alpha value is -2.49. The van der Waals surface area contributed by atoms with E-state index in [0.717, 1.165) is 35.4 Å². The van der Waals surface area contributed by atoms with Gasteiger partial charge in [-0.1, -0.05) is 38.6 Å². The van der Waals surface area contributed by atoms with Gasteiger partial charge in [0, 0.05) is 21.7 Å². The molecule has 3 aromatic rings. The fourth-order valence-electron chi connectivity index (χ4n) is 4.23. The minimum absolute atomic E-state index is 0.108. The van der Waals surface area contributed by atoms with Crippen LogP contribution in [0, 0.1) is 28.5 Å². The molecule has 0 bridgehead atoms. The van der Waals surface area contributed by atoms with Crippen LogP contribution in [-0.2, 0) is 12.8 Å². The van der Waals surface area contributed by atoms with Gasteiger partial charge in [0.05, 0.1) is 11.3 Å². The number of pyridine rings is 1. The smallest absolute Gasteiger partial charge is 0.173 e. The number of carbonyl (C=O) groups is 1. The second kappa shape index (κ2) is 9.17. The predicted octanol–water partition coefficient (Wildman–Crippen LogP) is 6.95. The largest absolute Gasteiger partial charge is 0.293 e. The second-order valence-electron chi connectivity index (χ2n) is 9.21. The highest BCUT2D eigenvalue weighted by atomic mass is 32.2. The van der Waals surface area contributed by atoms with E-state index >= 15 is 0 Å². The van der Waals surface area contributed by atoms with Gasteiger partial charge in [-0.3, -0.25) is 4.79 Å². The number of thiophene rings is 1. The minimum Gasteiger partial charge on any atom is -0.293 e. The second-order valence-corrected chi connectivity index (χ2v) is 11.1. The minimum atomic E-state index is -0.369. The third-order valence-electron chi connectivity index (χ3n) is 6.14. The molecule has 32 heavy (non-hydrogen) atoms. The molecule has 1 aliphatic carbocycles. The molecule has 164 valence electrons. The van der Waals surface area contributed by atoms with Crippen LogP contribution in [0.2, 0.25) is 0 Å². The molecule has 2 heterocycles. The van der Waals surface area contributed by atoms with Crippen molar-refractivity contribution < 1.29 is 9.18 Å². The Morgan fingerprint density at radius 3 is 2.66 bits per heavy atom. The Bertz CT molecular complexity index is 1170. The number of hydrogen-bond acceptors (Lipinski definition) is 5. The molecule has 4 rings (SSSR count). The van der Waals surface area contributed by atoms with Gasteiger partial charge in [0.15, 0.2) is 5.78 Å². The third-order valence-corrected chi connectivity index (χ3v) is 8.01. The van der Waals surface area contributed by atoms with E-state index in [-0.39, 0.29) is 22.8 Å². The number of thioether (sulfide) groups is 1. The maximum absolute atomic E-state index is 13.2. The summed E-state index contributed by atoms with van der Waals surface area (Å²) in [5, 5.41) is 12.7. The Balaban J connectivity index is 1.72. The molecule has 0 N–H and O–H groups in total. The zero-order valence-corrected chi connectivity index (χ0v) is 20.1. The molecule has 0 aliphatic heterocycles. The molecule has 1 unspecified atom stereocenters. The first kappa shape index (κ1) is 22.7. The molecular formula is C26H25FN2OS2. The Labute approximate surface area is 196 Å². The van der Waals surface area contributed by atoms with Crippen LogP contribution < -0.4 is 0 Å². The van der Waals surface area contributed by atoms with Gasteiger partial charge in [-0.05, 0) is 71.9 Å². The quantitative estimate of drug-likeness (QED) is 0.303.